The summed E-state index contributed by atoms with van der Waals surface area (Å²) in [6.45, 7) is 4.79. The van der Waals surface area contributed by atoms with E-state index in [-0.39, 0.29) is 0 Å². The smallest absolute Gasteiger partial charge is 0.0594 e. The Morgan fingerprint density at radius 1 is 1.18 bits per heavy atom. The number of aryl methyl sites for hydroxylation is 2. The molecule has 0 unspecified atom stereocenters. The Kier molecular flexibility index (Phi) is 3.28. The van der Waals surface area contributed by atoms with Gasteiger partial charge in [0.1, 0.15) is 0 Å². The molecule has 0 spiro atoms. The first-order valence-corrected chi connectivity index (χ1v) is 5.67. The molecule has 0 bridgehead atoms. The van der Waals surface area contributed by atoms with E-state index in [4.69, 9.17) is 5.73 Å². The highest BCUT2D eigenvalue weighted by Crippen LogP contribution is 2.22. The van der Waals surface area contributed by atoms with Crippen molar-refractivity contribution in [2.75, 3.05) is 11.1 Å². The van der Waals surface area contributed by atoms with E-state index < -0.39 is 0 Å². The van der Waals surface area contributed by atoms with Crippen molar-refractivity contribution in [1.82, 2.24) is 4.98 Å². The van der Waals surface area contributed by atoms with Crippen molar-refractivity contribution in [3.63, 3.8) is 0 Å². The van der Waals surface area contributed by atoms with Crippen LogP contribution in [0.3, 0.4) is 0 Å². The molecule has 3 heteroatoms. The van der Waals surface area contributed by atoms with Crippen LogP contribution in [0.15, 0.2) is 36.5 Å². The number of nitrogens with two attached hydrogens (primary N) is 1. The molecule has 1 aromatic heterocycles. The molecular weight excluding hydrogens is 210 g/mol. The van der Waals surface area contributed by atoms with Crippen molar-refractivity contribution in [1.29, 1.82) is 0 Å². The second-order valence-corrected chi connectivity index (χ2v) is 4.20. The zero-order chi connectivity index (χ0) is 12.3. The molecule has 0 aliphatic heterocycles. The van der Waals surface area contributed by atoms with Crippen LogP contribution >= 0.6 is 0 Å². The summed E-state index contributed by atoms with van der Waals surface area (Å²) in [4.78, 5) is 4.28. The lowest BCUT2D eigenvalue weighted by Gasteiger charge is -2.11. The summed E-state index contributed by atoms with van der Waals surface area (Å²) < 4.78 is 0. The summed E-state index contributed by atoms with van der Waals surface area (Å²) in [6.07, 6.45) is 1.80. The van der Waals surface area contributed by atoms with Crippen LogP contribution in [0.5, 0.6) is 0 Å². The number of anilines is 2. The van der Waals surface area contributed by atoms with Crippen molar-refractivity contribution in [2.45, 2.75) is 20.4 Å². The summed E-state index contributed by atoms with van der Waals surface area (Å²) in [5.41, 5.74) is 11.1. The second kappa shape index (κ2) is 4.87. The Morgan fingerprint density at radius 3 is 2.71 bits per heavy atom. The molecule has 2 rings (SSSR count). The molecule has 2 aromatic rings. The number of rotatable bonds is 3. The molecule has 0 amide bonds. The Hall–Kier alpha value is -2.03. The van der Waals surface area contributed by atoms with Gasteiger partial charge in [0.25, 0.3) is 0 Å². The number of hydrogen-bond acceptors (Lipinski definition) is 3. The fraction of sp³-hybridized carbons (Fsp3) is 0.214. The van der Waals surface area contributed by atoms with Crippen molar-refractivity contribution in [3.8, 4) is 0 Å². The second-order valence-electron chi connectivity index (χ2n) is 4.20. The maximum absolute atomic E-state index is 5.86. The summed E-state index contributed by atoms with van der Waals surface area (Å²) in [5, 5.41) is 3.38. The van der Waals surface area contributed by atoms with Crippen molar-refractivity contribution in [3.05, 3.63) is 53.3 Å². The molecule has 0 saturated carbocycles. The lowest BCUT2D eigenvalue weighted by Crippen LogP contribution is -2.03. The fourth-order valence-electron chi connectivity index (χ4n) is 1.72. The molecule has 88 valence electrons. The number of nitrogens with zero attached hydrogens (tertiary/aromatic N) is 1. The molecule has 0 aliphatic rings. The highest BCUT2D eigenvalue weighted by molar-refractivity contribution is 5.61. The molecule has 0 fully saturated rings. The van der Waals surface area contributed by atoms with Crippen molar-refractivity contribution < 1.29 is 0 Å². The van der Waals surface area contributed by atoms with E-state index in [0.717, 1.165) is 34.7 Å². The van der Waals surface area contributed by atoms with E-state index in [9.17, 15) is 0 Å². The SMILES string of the molecule is Cc1cc(NCc2ccccn2)c(C)cc1N. The third-order valence-electron chi connectivity index (χ3n) is 2.80. The normalized spacial score (nSPS) is 10.2. The van der Waals surface area contributed by atoms with Crippen LogP contribution in [0, 0.1) is 13.8 Å². The quantitative estimate of drug-likeness (QED) is 0.793. The highest BCUT2D eigenvalue weighted by Gasteiger charge is 2.02. The molecule has 0 saturated heterocycles. The van der Waals surface area contributed by atoms with Crippen LogP contribution in [0.25, 0.3) is 0 Å². The van der Waals surface area contributed by atoms with Crippen molar-refractivity contribution >= 4 is 11.4 Å². The molecule has 3 N–H and O–H groups in total. The lowest BCUT2D eigenvalue weighted by atomic mass is 10.1. The molecule has 1 aromatic carbocycles. The summed E-state index contributed by atoms with van der Waals surface area (Å²) >= 11 is 0. The molecule has 1 heterocycles. The first-order chi connectivity index (χ1) is 8.16. The van der Waals surface area contributed by atoms with Gasteiger partial charge >= 0.3 is 0 Å². The van der Waals surface area contributed by atoms with Gasteiger partial charge in [-0.05, 0) is 49.2 Å². The minimum atomic E-state index is 0.727. The van der Waals surface area contributed by atoms with Gasteiger partial charge in [0, 0.05) is 17.6 Å². The van der Waals surface area contributed by atoms with Crippen LogP contribution in [0.2, 0.25) is 0 Å². The van der Waals surface area contributed by atoms with Gasteiger partial charge in [-0.1, -0.05) is 6.07 Å². The third kappa shape index (κ3) is 2.75. The Morgan fingerprint density at radius 2 is 2.00 bits per heavy atom. The number of nitrogens with one attached hydrogen (secondary N) is 1. The van der Waals surface area contributed by atoms with E-state index in [1.807, 2.05) is 31.2 Å². The van der Waals surface area contributed by atoms with Gasteiger partial charge in [0.15, 0.2) is 0 Å². The van der Waals surface area contributed by atoms with Crippen LogP contribution in [-0.4, -0.2) is 4.98 Å². The molecule has 0 atom stereocenters. The van der Waals surface area contributed by atoms with Crippen LogP contribution < -0.4 is 11.1 Å². The molecule has 0 aliphatic carbocycles. The zero-order valence-electron chi connectivity index (χ0n) is 10.2. The van der Waals surface area contributed by atoms with Crippen LogP contribution in [0.4, 0.5) is 11.4 Å². The average Bonchev–Trinajstić information content (AvgIpc) is 2.33. The largest absolute Gasteiger partial charge is 0.399 e. The number of benzene rings is 1. The van der Waals surface area contributed by atoms with E-state index in [2.05, 4.69) is 23.3 Å². The topological polar surface area (TPSA) is 50.9 Å². The monoisotopic (exact) mass is 227 g/mol. The molecule has 17 heavy (non-hydrogen) atoms. The number of aromatic nitrogens is 1. The summed E-state index contributed by atoms with van der Waals surface area (Å²) in [6, 6.07) is 9.99. The third-order valence-corrected chi connectivity index (χ3v) is 2.80. The highest BCUT2D eigenvalue weighted by atomic mass is 14.9. The molecule has 0 radical (unpaired) electrons. The standard InChI is InChI=1S/C14H17N3/c1-10-8-14(11(2)7-13(10)15)17-9-12-5-3-4-6-16-12/h3-8,17H,9,15H2,1-2H3. The number of nitrogen functional groups attached to an aromatic ring is 1. The summed E-state index contributed by atoms with van der Waals surface area (Å²) in [5.74, 6) is 0. The van der Waals surface area contributed by atoms with Gasteiger partial charge in [-0.2, -0.15) is 0 Å². The maximum atomic E-state index is 5.86. The Labute approximate surface area is 102 Å². The first-order valence-electron chi connectivity index (χ1n) is 5.67. The van der Waals surface area contributed by atoms with Gasteiger partial charge in [-0.3, -0.25) is 4.98 Å². The minimum Gasteiger partial charge on any atom is -0.399 e. The van der Waals surface area contributed by atoms with E-state index >= 15 is 0 Å². The fourth-order valence-corrected chi connectivity index (χ4v) is 1.72. The van der Waals surface area contributed by atoms with Gasteiger partial charge < -0.3 is 11.1 Å². The van der Waals surface area contributed by atoms with E-state index in [1.54, 1.807) is 6.20 Å². The van der Waals surface area contributed by atoms with E-state index in [1.165, 1.54) is 0 Å². The van der Waals surface area contributed by atoms with Crippen molar-refractivity contribution in [2.24, 2.45) is 0 Å². The molecular formula is C14H17N3. The first kappa shape index (κ1) is 11.5. The maximum Gasteiger partial charge on any atom is 0.0594 e. The van der Waals surface area contributed by atoms with Gasteiger partial charge in [0.2, 0.25) is 0 Å². The average molecular weight is 227 g/mol. The van der Waals surface area contributed by atoms with Gasteiger partial charge in [0.05, 0.1) is 12.2 Å². The predicted molar refractivity (Wildman–Crippen MR) is 71.9 cm³/mol. The predicted octanol–water partition coefficient (Wildman–Crippen LogP) is 2.89. The Balaban J connectivity index is 2.12. The van der Waals surface area contributed by atoms with E-state index in [0.29, 0.717) is 0 Å². The van der Waals surface area contributed by atoms with Gasteiger partial charge in [-0.25, -0.2) is 0 Å². The Bertz CT molecular complexity index is 506. The van der Waals surface area contributed by atoms with Crippen LogP contribution in [-0.2, 0) is 6.54 Å². The number of hydrogen-bond donors (Lipinski definition) is 2. The zero-order valence-corrected chi connectivity index (χ0v) is 10.2. The van der Waals surface area contributed by atoms with Gasteiger partial charge in [-0.15, -0.1) is 0 Å². The number of pyridine rings is 1. The van der Waals surface area contributed by atoms with Crippen LogP contribution in [0.1, 0.15) is 16.8 Å². The lowest BCUT2D eigenvalue weighted by molar-refractivity contribution is 1.04. The summed E-state index contributed by atoms with van der Waals surface area (Å²) in [7, 11) is 0. The molecule has 3 nitrogen and oxygen atoms in total. The minimum absolute atomic E-state index is 0.727.